The van der Waals surface area contributed by atoms with Crippen LogP contribution in [0.4, 0.5) is 0 Å². The molecule has 0 radical (unpaired) electrons. The Morgan fingerprint density at radius 2 is 2.33 bits per heavy atom. The van der Waals surface area contributed by atoms with Crippen molar-refractivity contribution in [3.8, 4) is 0 Å². The van der Waals surface area contributed by atoms with Crippen LogP contribution < -0.4 is 0 Å². The molecule has 0 fully saturated rings. The molecule has 0 aromatic carbocycles. The number of allylic oxidation sites excluding steroid dienone is 2. The summed E-state index contributed by atoms with van der Waals surface area (Å²) in [5, 5.41) is 4.49. The second-order valence-corrected chi connectivity index (χ2v) is 3.96. The van der Waals surface area contributed by atoms with Gasteiger partial charge in [-0.25, -0.2) is 0 Å². The van der Waals surface area contributed by atoms with Gasteiger partial charge >= 0.3 is 0 Å². The van der Waals surface area contributed by atoms with E-state index in [1.165, 1.54) is 6.20 Å². The fourth-order valence-electron chi connectivity index (χ4n) is 1.27. The summed E-state index contributed by atoms with van der Waals surface area (Å²) >= 11 is 5.92. The molecule has 0 aliphatic rings. The SMILES string of the molecule is CC/C=C/C(=O)c1c(Cl)cnn1C(C)C. The first-order valence-corrected chi connectivity index (χ1v) is 5.39. The van der Waals surface area contributed by atoms with E-state index in [1.807, 2.05) is 26.8 Å². The molecular formula is C11H15ClN2O. The molecule has 0 amide bonds. The fraction of sp³-hybridized carbons (Fsp3) is 0.455. The van der Waals surface area contributed by atoms with Gasteiger partial charge in [0.05, 0.1) is 11.2 Å². The molecular weight excluding hydrogens is 212 g/mol. The van der Waals surface area contributed by atoms with Crippen LogP contribution in [0.15, 0.2) is 18.3 Å². The smallest absolute Gasteiger partial charge is 0.205 e. The summed E-state index contributed by atoms with van der Waals surface area (Å²) in [4.78, 5) is 11.8. The molecule has 0 N–H and O–H groups in total. The van der Waals surface area contributed by atoms with Crippen molar-refractivity contribution < 1.29 is 4.79 Å². The van der Waals surface area contributed by atoms with Crippen molar-refractivity contribution >= 4 is 17.4 Å². The predicted octanol–water partition coefficient (Wildman–Crippen LogP) is 3.27. The molecule has 1 aromatic heterocycles. The number of carbonyl (C=O) groups is 1. The lowest BCUT2D eigenvalue weighted by Crippen LogP contribution is -2.11. The van der Waals surface area contributed by atoms with E-state index < -0.39 is 0 Å². The van der Waals surface area contributed by atoms with E-state index in [-0.39, 0.29) is 11.8 Å². The Morgan fingerprint density at radius 3 is 2.87 bits per heavy atom. The van der Waals surface area contributed by atoms with Gasteiger partial charge in [0.2, 0.25) is 5.78 Å². The minimum Gasteiger partial charge on any atom is -0.288 e. The molecule has 0 unspecified atom stereocenters. The molecule has 15 heavy (non-hydrogen) atoms. The first-order valence-electron chi connectivity index (χ1n) is 5.01. The number of nitrogens with zero attached hydrogens (tertiary/aromatic N) is 2. The second kappa shape index (κ2) is 5.12. The van der Waals surface area contributed by atoms with Crippen LogP contribution in [0.25, 0.3) is 0 Å². The summed E-state index contributed by atoms with van der Waals surface area (Å²) < 4.78 is 1.64. The maximum Gasteiger partial charge on any atom is 0.205 e. The first kappa shape index (κ1) is 12.0. The van der Waals surface area contributed by atoms with Crippen LogP contribution >= 0.6 is 11.6 Å². The second-order valence-electron chi connectivity index (χ2n) is 3.55. The minimum absolute atomic E-state index is 0.0898. The highest BCUT2D eigenvalue weighted by molar-refractivity contribution is 6.34. The molecule has 0 atom stereocenters. The Balaban J connectivity index is 3.06. The average molecular weight is 227 g/mol. The minimum atomic E-state index is -0.0898. The number of hydrogen-bond donors (Lipinski definition) is 0. The van der Waals surface area contributed by atoms with Gasteiger partial charge in [-0.15, -0.1) is 0 Å². The van der Waals surface area contributed by atoms with Gasteiger partial charge in [0, 0.05) is 6.04 Å². The summed E-state index contributed by atoms with van der Waals surface area (Å²) in [6.45, 7) is 5.90. The Labute approximate surface area is 94.7 Å². The number of carbonyl (C=O) groups excluding carboxylic acids is 1. The molecule has 1 heterocycles. The van der Waals surface area contributed by atoms with Crippen molar-refractivity contribution in [2.24, 2.45) is 0 Å². The summed E-state index contributed by atoms with van der Waals surface area (Å²) in [6.07, 6.45) is 5.70. The van der Waals surface area contributed by atoms with E-state index in [9.17, 15) is 4.79 Å². The van der Waals surface area contributed by atoms with E-state index in [4.69, 9.17) is 11.6 Å². The third kappa shape index (κ3) is 2.69. The molecule has 1 rings (SSSR count). The maximum atomic E-state index is 11.8. The third-order valence-electron chi connectivity index (χ3n) is 1.98. The average Bonchev–Trinajstić information content (AvgIpc) is 2.56. The quantitative estimate of drug-likeness (QED) is 0.584. The summed E-state index contributed by atoms with van der Waals surface area (Å²) in [5.41, 5.74) is 0.469. The van der Waals surface area contributed by atoms with Crippen LogP contribution in [-0.2, 0) is 0 Å². The zero-order valence-corrected chi connectivity index (χ0v) is 9.95. The highest BCUT2D eigenvalue weighted by atomic mass is 35.5. The highest BCUT2D eigenvalue weighted by Crippen LogP contribution is 2.19. The Bertz CT molecular complexity index is 380. The fourth-order valence-corrected chi connectivity index (χ4v) is 1.49. The van der Waals surface area contributed by atoms with E-state index in [0.717, 1.165) is 6.42 Å². The maximum absolute atomic E-state index is 11.8. The normalized spacial score (nSPS) is 11.5. The summed E-state index contributed by atoms with van der Waals surface area (Å²) in [6, 6.07) is 0.131. The topological polar surface area (TPSA) is 34.9 Å². The van der Waals surface area contributed by atoms with Gasteiger partial charge in [-0.2, -0.15) is 5.10 Å². The molecule has 0 bridgehead atoms. The Kier molecular flexibility index (Phi) is 4.09. The predicted molar refractivity (Wildman–Crippen MR) is 61.4 cm³/mol. The van der Waals surface area contributed by atoms with E-state index in [0.29, 0.717) is 10.7 Å². The molecule has 3 nitrogen and oxygen atoms in total. The van der Waals surface area contributed by atoms with Gasteiger partial charge in [-0.3, -0.25) is 9.48 Å². The van der Waals surface area contributed by atoms with Gasteiger partial charge in [0.1, 0.15) is 5.69 Å². The van der Waals surface area contributed by atoms with Gasteiger partial charge in [-0.05, 0) is 26.3 Å². The van der Waals surface area contributed by atoms with Crippen LogP contribution in [-0.4, -0.2) is 15.6 Å². The zero-order valence-electron chi connectivity index (χ0n) is 9.20. The van der Waals surface area contributed by atoms with Crippen molar-refractivity contribution in [3.05, 3.63) is 29.1 Å². The summed E-state index contributed by atoms with van der Waals surface area (Å²) in [5.74, 6) is -0.0898. The first-order chi connectivity index (χ1) is 7.07. The number of rotatable bonds is 4. The van der Waals surface area contributed by atoms with Crippen molar-refractivity contribution in [1.82, 2.24) is 9.78 Å². The number of ketones is 1. The standard InChI is InChI=1S/C11H15ClN2O/c1-4-5-6-10(15)11-9(12)7-13-14(11)8(2)3/h5-8H,4H2,1-3H3/b6-5+. The van der Waals surface area contributed by atoms with E-state index in [1.54, 1.807) is 10.8 Å². The van der Waals surface area contributed by atoms with Crippen LogP contribution in [0, 0.1) is 0 Å². The molecule has 4 heteroatoms. The lowest BCUT2D eigenvalue weighted by Gasteiger charge is -2.08. The molecule has 0 saturated carbocycles. The number of aromatic nitrogens is 2. The summed E-state index contributed by atoms with van der Waals surface area (Å²) in [7, 11) is 0. The van der Waals surface area contributed by atoms with Crippen molar-refractivity contribution in [2.45, 2.75) is 33.2 Å². The molecule has 0 aliphatic carbocycles. The molecule has 1 aromatic rings. The monoisotopic (exact) mass is 226 g/mol. The van der Waals surface area contributed by atoms with Crippen molar-refractivity contribution in [2.75, 3.05) is 0 Å². The Morgan fingerprint density at radius 1 is 1.67 bits per heavy atom. The van der Waals surface area contributed by atoms with Gasteiger partial charge in [0.15, 0.2) is 0 Å². The molecule has 82 valence electrons. The van der Waals surface area contributed by atoms with E-state index in [2.05, 4.69) is 5.10 Å². The molecule has 0 aliphatic heterocycles. The van der Waals surface area contributed by atoms with E-state index >= 15 is 0 Å². The molecule has 0 saturated heterocycles. The van der Waals surface area contributed by atoms with Crippen LogP contribution in [0.5, 0.6) is 0 Å². The van der Waals surface area contributed by atoms with Crippen LogP contribution in [0.2, 0.25) is 5.02 Å². The van der Waals surface area contributed by atoms with Crippen molar-refractivity contribution in [3.63, 3.8) is 0 Å². The lowest BCUT2D eigenvalue weighted by atomic mass is 10.2. The lowest BCUT2D eigenvalue weighted by molar-refractivity contribution is 0.103. The molecule has 0 spiro atoms. The van der Waals surface area contributed by atoms with Gasteiger partial charge in [0.25, 0.3) is 0 Å². The van der Waals surface area contributed by atoms with Crippen molar-refractivity contribution in [1.29, 1.82) is 0 Å². The Hall–Kier alpha value is -1.09. The third-order valence-corrected chi connectivity index (χ3v) is 2.25. The van der Waals surface area contributed by atoms with Crippen LogP contribution in [0.3, 0.4) is 0 Å². The highest BCUT2D eigenvalue weighted by Gasteiger charge is 2.16. The van der Waals surface area contributed by atoms with Gasteiger partial charge < -0.3 is 0 Å². The largest absolute Gasteiger partial charge is 0.288 e. The zero-order chi connectivity index (χ0) is 11.4. The number of halogens is 1. The van der Waals surface area contributed by atoms with Crippen LogP contribution in [0.1, 0.15) is 43.7 Å². The number of hydrogen-bond acceptors (Lipinski definition) is 2. The van der Waals surface area contributed by atoms with Gasteiger partial charge in [-0.1, -0.05) is 24.6 Å².